The molecule has 0 aliphatic carbocycles. The molecule has 0 unspecified atom stereocenters. The van der Waals surface area contributed by atoms with Crippen LogP contribution in [0.25, 0.3) is 0 Å². The molecule has 0 fully saturated rings. The lowest BCUT2D eigenvalue weighted by molar-refractivity contribution is 0.0935. The summed E-state index contributed by atoms with van der Waals surface area (Å²) in [5, 5.41) is 3.14. The summed E-state index contributed by atoms with van der Waals surface area (Å²) in [5.41, 5.74) is 4.43. The summed E-state index contributed by atoms with van der Waals surface area (Å²) in [6, 6.07) is 16.3. The second kappa shape index (κ2) is 6.99. The molecule has 0 aliphatic rings. The van der Waals surface area contributed by atoms with Crippen LogP contribution in [0.2, 0.25) is 0 Å². The summed E-state index contributed by atoms with van der Waals surface area (Å²) in [5.74, 6) is -0.0158. The van der Waals surface area contributed by atoms with Crippen molar-refractivity contribution in [1.82, 2.24) is 5.32 Å². The predicted molar refractivity (Wildman–Crippen MR) is 96.8 cm³/mol. The van der Waals surface area contributed by atoms with Crippen molar-refractivity contribution in [1.29, 1.82) is 0 Å². The molecule has 0 aliphatic heterocycles. The van der Waals surface area contributed by atoms with Gasteiger partial charge in [-0.2, -0.15) is 0 Å². The lowest BCUT2D eigenvalue weighted by Gasteiger charge is -2.20. The van der Waals surface area contributed by atoms with E-state index < -0.39 is 0 Å². The second-order valence-electron chi connectivity index (χ2n) is 7.17. The maximum atomic E-state index is 12.5. The Morgan fingerprint density at radius 3 is 2.04 bits per heavy atom. The van der Waals surface area contributed by atoms with Crippen LogP contribution in [0.3, 0.4) is 0 Å². The van der Waals surface area contributed by atoms with Crippen LogP contribution in [-0.2, 0) is 5.41 Å². The van der Waals surface area contributed by atoms with Crippen molar-refractivity contribution in [2.45, 2.75) is 52.5 Å². The van der Waals surface area contributed by atoms with Crippen molar-refractivity contribution < 1.29 is 4.79 Å². The molecule has 0 heterocycles. The molecule has 2 heteroatoms. The van der Waals surface area contributed by atoms with Crippen molar-refractivity contribution in [2.24, 2.45) is 0 Å². The molecule has 2 aromatic carbocycles. The van der Waals surface area contributed by atoms with Gasteiger partial charge < -0.3 is 5.32 Å². The second-order valence-corrected chi connectivity index (χ2v) is 7.17. The lowest BCUT2D eigenvalue weighted by atomic mass is 9.86. The Morgan fingerprint density at radius 1 is 1.00 bits per heavy atom. The monoisotopic (exact) mass is 309 g/mol. The molecule has 2 rings (SSSR count). The molecule has 0 radical (unpaired) electrons. The Morgan fingerprint density at radius 2 is 1.57 bits per heavy atom. The first kappa shape index (κ1) is 17.3. The van der Waals surface area contributed by atoms with Gasteiger partial charge in [0.1, 0.15) is 0 Å². The summed E-state index contributed by atoms with van der Waals surface area (Å²) in [7, 11) is 0. The molecule has 2 nitrogen and oxygen atoms in total. The summed E-state index contributed by atoms with van der Waals surface area (Å²) < 4.78 is 0. The zero-order chi connectivity index (χ0) is 17.0. The lowest BCUT2D eigenvalue weighted by Crippen LogP contribution is -2.28. The fraction of sp³-hybridized carbons (Fsp3) is 0.381. The van der Waals surface area contributed by atoms with Gasteiger partial charge in [-0.05, 0) is 42.0 Å². The number of carbonyl (C=O) groups excluding carboxylic acids is 1. The van der Waals surface area contributed by atoms with Crippen LogP contribution in [-0.4, -0.2) is 5.91 Å². The first-order valence-electron chi connectivity index (χ1n) is 8.29. The average molecular weight is 309 g/mol. The van der Waals surface area contributed by atoms with Crippen LogP contribution in [0, 0.1) is 6.92 Å². The van der Waals surface area contributed by atoms with E-state index in [1.165, 1.54) is 11.1 Å². The highest BCUT2D eigenvalue weighted by Crippen LogP contribution is 2.23. The van der Waals surface area contributed by atoms with Gasteiger partial charge in [0.2, 0.25) is 0 Å². The highest BCUT2D eigenvalue weighted by atomic mass is 16.1. The summed E-state index contributed by atoms with van der Waals surface area (Å²) >= 11 is 0. The third-order valence-corrected chi connectivity index (χ3v) is 4.21. The Labute approximate surface area is 139 Å². The smallest absolute Gasteiger partial charge is 0.251 e. The van der Waals surface area contributed by atoms with Crippen LogP contribution in [0.15, 0.2) is 48.5 Å². The maximum absolute atomic E-state index is 12.5. The van der Waals surface area contributed by atoms with E-state index in [4.69, 9.17) is 0 Å². The SMILES string of the molecule is CC[C@H](NC(=O)c1ccc(C(C)(C)C)cc1)c1ccc(C)cc1. The van der Waals surface area contributed by atoms with Crippen LogP contribution in [0.5, 0.6) is 0 Å². The van der Waals surface area contributed by atoms with Crippen LogP contribution < -0.4 is 5.32 Å². The van der Waals surface area contributed by atoms with E-state index >= 15 is 0 Å². The Hall–Kier alpha value is -2.09. The molecule has 0 saturated heterocycles. The van der Waals surface area contributed by atoms with Gasteiger partial charge in [0, 0.05) is 5.56 Å². The zero-order valence-electron chi connectivity index (χ0n) is 14.8. The number of benzene rings is 2. The molecule has 2 aromatic rings. The molecule has 0 spiro atoms. The highest BCUT2D eigenvalue weighted by Gasteiger charge is 2.16. The largest absolute Gasteiger partial charge is 0.345 e. The number of nitrogens with one attached hydrogen (secondary N) is 1. The van der Waals surface area contributed by atoms with E-state index in [1.807, 2.05) is 24.3 Å². The first-order valence-corrected chi connectivity index (χ1v) is 8.29. The fourth-order valence-electron chi connectivity index (χ4n) is 2.58. The van der Waals surface area contributed by atoms with Crippen molar-refractivity contribution in [3.8, 4) is 0 Å². The summed E-state index contributed by atoms with van der Waals surface area (Å²) in [4.78, 5) is 12.5. The maximum Gasteiger partial charge on any atom is 0.251 e. The predicted octanol–water partition coefficient (Wildman–Crippen LogP) is 5.17. The van der Waals surface area contributed by atoms with Crippen LogP contribution in [0.1, 0.15) is 67.2 Å². The van der Waals surface area contributed by atoms with E-state index in [0.29, 0.717) is 5.56 Å². The first-order chi connectivity index (χ1) is 10.8. The van der Waals surface area contributed by atoms with Crippen molar-refractivity contribution in [2.75, 3.05) is 0 Å². The molecule has 1 atom stereocenters. The third-order valence-electron chi connectivity index (χ3n) is 4.21. The summed E-state index contributed by atoms with van der Waals surface area (Å²) in [6.07, 6.45) is 0.870. The minimum atomic E-state index is -0.0158. The van der Waals surface area contributed by atoms with Crippen LogP contribution >= 0.6 is 0 Å². The van der Waals surface area contributed by atoms with Gasteiger partial charge >= 0.3 is 0 Å². The van der Waals surface area contributed by atoms with E-state index in [9.17, 15) is 4.79 Å². The van der Waals surface area contributed by atoms with Gasteiger partial charge in [0.15, 0.2) is 0 Å². The number of carbonyl (C=O) groups is 1. The highest BCUT2D eigenvalue weighted by molar-refractivity contribution is 5.94. The van der Waals surface area contributed by atoms with Crippen LogP contribution in [0.4, 0.5) is 0 Å². The molecular formula is C21H27NO. The number of aryl methyl sites for hydroxylation is 1. The molecule has 122 valence electrons. The summed E-state index contributed by atoms with van der Waals surface area (Å²) in [6.45, 7) is 10.7. The Bertz CT molecular complexity index is 648. The van der Waals surface area contributed by atoms with E-state index in [1.54, 1.807) is 0 Å². The van der Waals surface area contributed by atoms with Gasteiger partial charge in [0.05, 0.1) is 6.04 Å². The number of rotatable bonds is 4. The molecule has 0 bridgehead atoms. The van der Waals surface area contributed by atoms with E-state index in [2.05, 4.69) is 64.2 Å². The molecule has 23 heavy (non-hydrogen) atoms. The Balaban J connectivity index is 2.12. The van der Waals surface area contributed by atoms with Gasteiger partial charge in [-0.15, -0.1) is 0 Å². The van der Waals surface area contributed by atoms with Crippen molar-refractivity contribution in [3.63, 3.8) is 0 Å². The molecule has 0 saturated carbocycles. The van der Waals surface area contributed by atoms with Crippen molar-refractivity contribution in [3.05, 3.63) is 70.8 Å². The normalized spacial score (nSPS) is 12.7. The van der Waals surface area contributed by atoms with Gasteiger partial charge in [-0.3, -0.25) is 4.79 Å². The van der Waals surface area contributed by atoms with Gasteiger partial charge in [0.25, 0.3) is 5.91 Å². The van der Waals surface area contributed by atoms with E-state index in [-0.39, 0.29) is 17.4 Å². The number of amides is 1. The minimum absolute atomic E-state index is 0.0158. The standard InChI is InChI=1S/C21H27NO/c1-6-19(16-9-7-15(2)8-10-16)22-20(23)17-11-13-18(14-12-17)21(3,4)5/h7-14,19H,6H2,1-5H3,(H,22,23)/t19-/m0/s1. The molecule has 1 N–H and O–H groups in total. The Kier molecular flexibility index (Phi) is 5.25. The minimum Gasteiger partial charge on any atom is -0.345 e. The van der Waals surface area contributed by atoms with Crippen molar-refractivity contribution >= 4 is 5.91 Å². The van der Waals surface area contributed by atoms with Gasteiger partial charge in [-0.1, -0.05) is 69.7 Å². The molecule has 0 aromatic heterocycles. The number of hydrogen-bond acceptors (Lipinski definition) is 1. The average Bonchev–Trinajstić information content (AvgIpc) is 2.52. The fourth-order valence-corrected chi connectivity index (χ4v) is 2.58. The molecular weight excluding hydrogens is 282 g/mol. The zero-order valence-corrected chi connectivity index (χ0v) is 14.8. The number of hydrogen-bond donors (Lipinski definition) is 1. The van der Waals surface area contributed by atoms with E-state index in [0.717, 1.165) is 12.0 Å². The molecule has 1 amide bonds. The third kappa shape index (κ3) is 4.44. The quantitative estimate of drug-likeness (QED) is 0.829. The van der Waals surface area contributed by atoms with Gasteiger partial charge in [-0.25, -0.2) is 0 Å². The topological polar surface area (TPSA) is 29.1 Å².